The second-order valence-corrected chi connectivity index (χ2v) is 4.45. The maximum Gasteiger partial charge on any atom is 0.0587 e. The summed E-state index contributed by atoms with van der Waals surface area (Å²) >= 11 is 3.42. The summed E-state index contributed by atoms with van der Waals surface area (Å²) in [6.45, 7) is 0. The lowest BCUT2D eigenvalue weighted by molar-refractivity contribution is 0.865. The molecule has 1 aromatic heterocycles. The van der Waals surface area contributed by atoms with E-state index in [0.29, 0.717) is 5.69 Å². The molecule has 0 fully saturated rings. The van der Waals surface area contributed by atoms with E-state index in [1.807, 2.05) is 24.3 Å². The third kappa shape index (κ3) is 2.23. The van der Waals surface area contributed by atoms with E-state index in [2.05, 4.69) is 20.9 Å². The Hall–Kier alpha value is -1.39. The first-order chi connectivity index (χ1) is 7.68. The number of aromatic nitrogens is 1. The average Bonchev–Trinajstić information content (AvgIpc) is 2.29. The lowest BCUT2D eigenvalue weighted by atomic mass is 10.0. The van der Waals surface area contributed by atoms with Crippen molar-refractivity contribution < 1.29 is 0 Å². The van der Waals surface area contributed by atoms with Gasteiger partial charge in [-0.2, -0.15) is 0 Å². The zero-order chi connectivity index (χ0) is 11.5. The normalized spacial score (nSPS) is 12.4. The molecule has 1 unspecified atom stereocenters. The zero-order valence-corrected chi connectivity index (χ0v) is 10.2. The maximum atomic E-state index is 6.15. The van der Waals surface area contributed by atoms with E-state index < -0.39 is 0 Å². The van der Waals surface area contributed by atoms with Crippen LogP contribution in [0.3, 0.4) is 0 Å². The minimum Gasteiger partial charge on any atom is -0.398 e. The van der Waals surface area contributed by atoms with Crippen LogP contribution in [0.25, 0.3) is 0 Å². The van der Waals surface area contributed by atoms with Crippen LogP contribution in [0.5, 0.6) is 0 Å². The molecular weight excluding hydrogens is 266 g/mol. The quantitative estimate of drug-likeness (QED) is 0.887. The largest absolute Gasteiger partial charge is 0.398 e. The molecule has 0 bridgehead atoms. The van der Waals surface area contributed by atoms with Crippen LogP contribution in [0.15, 0.2) is 47.2 Å². The van der Waals surface area contributed by atoms with Crippen LogP contribution < -0.4 is 11.5 Å². The van der Waals surface area contributed by atoms with Crippen LogP contribution in [0.4, 0.5) is 5.69 Å². The Morgan fingerprint density at radius 3 is 2.75 bits per heavy atom. The van der Waals surface area contributed by atoms with Crippen molar-refractivity contribution in [1.29, 1.82) is 0 Å². The lowest BCUT2D eigenvalue weighted by Gasteiger charge is -2.14. The first-order valence-corrected chi connectivity index (χ1v) is 5.68. The van der Waals surface area contributed by atoms with E-state index in [4.69, 9.17) is 11.5 Å². The fraction of sp³-hybridized carbons (Fsp3) is 0.0833. The first kappa shape index (κ1) is 11.1. The third-order valence-corrected chi connectivity index (χ3v) is 2.92. The number of nitrogen functional groups attached to an aromatic ring is 1. The van der Waals surface area contributed by atoms with Crippen molar-refractivity contribution in [2.75, 3.05) is 5.73 Å². The number of hydrogen-bond donors (Lipinski definition) is 2. The van der Waals surface area contributed by atoms with Crippen molar-refractivity contribution in [3.8, 4) is 0 Å². The first-order valence-electron chi connectivity index (χ1n) is 4.89. The van der Waals surface area contributed by atoms with Gasteiger partial charge in [0.05, 0.1) is 6.04 Å². The molecule has 0 saturated carbocycles. The Balaban J connectivity index is 2.39. The van der Waals surface area contributed by atoms with E-state index >= 15 is 0 Å². The van der Waals surface area contributed by atoms with Gasteiger partial charge in [0.1, 0.15) is 0 Å². The molecule has 4 N–H and O–H groups in total. The highest BCUT2D eigenvalue weighted by molar-refractivity contribution is 9.10. The van der Waals surface area contributed by atoms with Crippen molar-refractivity contribution in [1.82, 2.24) is 4.98 Å². The SMILES string of the molecule is Nc1ccncc1C(N)c1cccc(Br)c1. The van der Waals surface area contributed by atoms with Gasteiger partial charge < -0.3 is 11.5 Å². The van der Waals surface area contributed by atoms with Gasteiger partial charge in [-0.25, -0.2) is 0 Å². The number of anilines is 1. The van der Waals surface area contributed by atoms with Crippen LogP contribution >= 0.6 is 15.9 Å². The predicted molar refractivity (Wildman–Crippen MR) is 68.8 cm³/mol. The van der Waals surface area contributed by atoms with E-state index in [1.54, 1.807) is 18.5 Å². The van der Waals surface area contributed by atoms with Gasteiger partial charge in [0, 0.05) is 28.1 Å². The molecule has 0 amide bonds. The van der Waals surface area contributed by atoms with Gasteiger partial charge in [0.2, 0.25) is 0 Å². The van der Waals surface area contributed by atoms with Gasteiger partial charge in [-0.05, 0) is 23.8 Å². The molecule has 0 aliphatic heterocycles. The summed E-state index contributed by atoms with van der Waals surface area (Å²) in [7, 11) is 0. The molecular formula is C12H12BrN3. The number of hydrogen-bond acceptors (Lipinski definition) is 3. The molecule has 82 valence electrons. The average molecular weight is 278 g/mol. The predicted octanol–water partition coefficient (Wildman–Crippen LogP) is 2.47. The highest BCUT2D eigenvalue weighted by Crippen LogP contribution is 2.25. The summed E-state index contributed by atoms with van der Waals surface area (Å²) in [5.74, 6) is 0. The number of rotatable bonds is 2. The van der Waals surface area contributed by atoms with Crippen LogP contribution in [0, 0.1) is 0 Å². The van der Waals surface area contributed by atoms with E-state index in [0.717, 1.165) is 15.6 Å². The van der Waals surface area contributed by atoms with Crippen LogP contribution in [0.1, 0.15) is 17.2 Å². The number of nitrogens with zero attached hydrogens (tertiary/aromatic N) is 1. The molecule has 0 saturated heterocycles. The number of pyridine rings is 1. The van der Waals surface area contributed by atoms with Crippen molar-refractivity contribution >= 4 is 21.6 Å². The van der Waals surface area contributed by atoms with E-state index in [9.17, 15) is 0 Å². The number of benzene rings is 1. The summed E-state index contributed by atoms with van der Waals surface area (Å²) in [6.07, 6.45) is 3.37. The molecule has 16 heavy (non-hydrogen) atoms. The third-order valence-electron chi connectivity index (χ3n) is 2.43. The Morgan fingerprint density at radius 1 is 1.25 bits per heavy atom. The van der Waals surface area contributed by atoms with Crippen LogP contribution in [-0.2, 0) is 0 Å². The van der Waals surface area contributed by atoms with Gasteiger partial charge in [-0.3, -0.25) is 4.98 Å². The molecule has 3 nitrogen and oxygen atoms in total. The molecule has 1 heterocycles. The summed E-state index contributed by atoms with van der Waals surface area (Å²) in [6, 6.07) is 9.38. The molecule has 0 aliphatic carbocycles. The Morgan fingerprint density at radius 2 is 2.06 bits per heavy atom. The molecule has 2 rings (SSSR count). The Bertz CT molecular complexity index is 499. The standard InChI is InChI=1S/C12H12BrN3/c13-9-3-1-2-8(6-9)12(15)10-7-16-5-4-11(10)14/h1-7,12H,15H2,(H2,14,16). The summed E-state index contributed by atoms with van der Waals surface area (Å²) in [4.78, 5) is 4.04. The maximum absolute atomic E-state index is 6.15. The monoisotopic (exact) mass is 277 g/mol. The summed E-state index contributed by atoms with van der Waals surface area (Å²) in [5, 5.41) is 0. The number of nitrogens with two attached hydrogens (primary N) is 2. The molecule has 1 atom stereocenters. The highest BCUT2D eigenvalue weighted by Gasteiger charge is 2.11. The molecule has 1 aromatic carbocycles. The van der Waals surface area contributed by atoms with Gasteiger partial charge >= 0.3 is 0 Å². The Kier molecular flexibility index (Phi) is 3.22. The second-order valence-electron chi connectivity index (χ2n) is 3.54. The second kappa shape index (κ2) is 4.63. The molecule has 2 aromatic rings. The van der Waals surface area contributed by atoms with Gasteiger partial charge in [0.15, 0.2) is 0 Å². The molecule has 0 aliphatic rings. The van der Waals surface area contributed by atoms with Crippen molar-refractivity contribution in [2.45, 2.75) is 6.04 Å². The summed E-state index contributed by atoms with van der Waals surface area (Å²) in [5.41, 5.74) is 14.5. The fourth-order valence-corrected chi connectivity index (χ4v) is 1.97. The smallest absolute Gasteiger partial charge is 0.0587 e. The zero-order valence-electron chi connectivity index (χ0n) is 8.60. The van der Waals surface area contributed by atoms with Crippen LogP contribution in [0.2, 0.25) is 0 Å². The van der Waals surface area contributed by atoms with Gasteiger partial charge in [-0.1, -0.05) is 28.1 Å². The van der Waals surface area contributed by atoms with Crippen molar-refractivity contribution in [2.24, 2.45) is 5.73 Å². The lowest BCUT2D eigenvalue weighted by Crippen LogP contribution is -2.14. The minimum absolute atomic E-state index is 0.244. The van der Waals surface area contributed by atoms with E-state index in [1.165, 1.54) is 0 Å². The fourth-order valence-electron chi connectivity index (χ4n) is 1.56. The minimum atomic E-state index is -0.244. The van der Waals surface area contributed by atoms with E-state index in [-0.39, 0.29) is 6.04 Å². The number of halogens is 1. The van der Waals surface area contributed by atoms with Gasteiger partial charge in [-0.15, -0.1) is 0 Å². The molecule has 4 heteroatoms. The van der Waals surface area contributed by atoms with Crippen molar-refractivity contribution in [3.05, 3.63) is 58.3 Å². The topological polar surface area (TPSA) is 64.9 Å². The molecule has 0 radical (unpaired) electrons. The Labute approximate surface area is 103 Å². The summed E-state index contributed by atoms with van der Waals surface area (Å²) < 4.78 is 1.00. The van der Waals surface area contributed by atoms with Gasteiger partial charge in [0.25, 0.3) is 0 Å². The van der Waals surface area contributed by atoms with Crippen molar-refractivity contribution in [3.63, 3.8) is 0 Å². The molecule has 0 spiro atoms. The van der Waals surface area contributed by atoms with Crippen LogP contribution in [-0.4, -0.2) is 4.98 Å². The highest BCUT2D eigenvalue weighted by atomic mass is 79.9.